The lowest BCUT2D eigenvalue weighted by Gasteiger charge is -2.13. The average molecular weight is 222 g/mol. The molecule has 90 valence electrons. The first-order chi connectivity index (χ1) is 7.65. The van der Waals surface area contributed by atoms with Crippen LogP contribution < -0.4 is 0 Å². The van der Waals surface area contributed by atoms with Crippen LogP contribution in [0, 0.1) is 0 Å². The van der Waals surface area contributed by atoms with Crippen LogP contribution in [0.3, 0.4) is 0 Å². The zero-order valence-electron chi connectivity index (χ0n) is 10.8. The van der Waals surface area contributed by atoms with Crippen molar-refractivity contribution in [3.05, 3.63) is 35.6 Å². The SMILES string of the molecule is C=C(/C=C\C1=C(C)C(=O)CCC1)OC.CC. The van der Waals surface area contributed by atoms with Crippen molar-refractivity contribution in [3.8, 4) is 0 Å². The minimum absolute atomic E-state index is 0.263. The predicted molar refractivity (Wildman–Crippen MR) is 68.2 cm³/mol. The fourth-order valence-corrected chi connectivity index (χ4v) is 1.46. The Balaban J connectivity index is 0.00000106. The third kappa shape index (κ3) is 4.47. The zero-order chi connectivity index (χ0) is 12.6. The quantitative estimate of drug-likeness (QED) is 0.536. The Morgan fingerprint density at radius 2 is 2.00 bits per heavy atom. The fraction of sp³-hybridized carbons (Fsp3) is 0.500. The second kappa shape index (κ2) is 7.91. The number of Topliss-reactive ketones (excluding diaryl/α,β-unsaturated/α-hetero) is 1. The molecule has 0 bridgehead atoms. The van der Waals surface area contributed by atoms with Crippen LogP contribution in [0.5, 0.6) is 0 Å². The van der Waals surface area contributed by atoms with E-state index in [2.05, 4.69) is 6.58 Å². The molecule has 1 aliphatic carbocycles. The molecule has 0 saturated carbocycles. The van der Waals surface area contributed by atoms with Crippen molar-refractivity contribution in [2.24, 2.45) is 0 Å². The number of carbonyl (C=O) groups is 1. The zero-order valence-corrected chi connectivity index (χ0v) is 10.8. The molecule has 2 nitrogen and oxygen atoms in total. The van der Waals surface area contributed by atoms with Crippen LogP contribution in [0.2, 0.25) is 0 Å². The Morgan fingerprint density at radius 1 is 1.38 bits per heavy atom. The lowest BCUT2D eigenvalue weighted by Crippen LogP contribution is -2.07. The molecule has 0 heterocycles. The van der Waals surface area contributed by atoms with Gasteiger partial charge >= 0.3 is 0 Å². The molecule has 0 amide bonds. The van der Waals surface area contributed by atoms with Crippen molar-refractivity contribution in [2.45, 2.75) is 40.0 Å². The summed E-state index contributed by atoms with van der Waals surface area (Å²) in [6.45, 7) is 9.57. The number of methoxy groups -OCH3 is 1. The van der Waals surface area contributed by atoms with Crippen LogP contribution in [-0.4, -0.2) is 12.9 Å². The molecule has 0 N–H and O–H groups in total. The average Bonchev–Trinajstić information content (AvgIpc) is 2.33. The monoisotopic (exact) mass is 222 g/mol. The lowest BCUT2D eigenvalue weighted by molar-refractivity contribution is -0.116. The molecule has 0 atom stereocenters. The summed E-state index contributed by atoms with van der Waals surface area (Å²) in [6.07, 6.45) is 6.35. The molecular weight excluding hydrogens is 200 g/mol. The van der Waals surface area contributed by atoms with E-state index in [4.69, 9.17) is 4.74 Å². The van der Waals surface area contributed by atoms with Gasteiger partial charge in [-0.1, -0.05) is 26.5 Å². The highest BCUT2D eigenvalue weighted by atomic mass is 16.5. The molecule has 0 fully saturated rings. The molecule has 0 saturated heterocycles. The van der Waals surface area contributed by atoms with Gasteiger partial charge < -0.3 is 4.74 Å². The van der Waals surface area contributed by atoms with Crippen LogP contribution in [0.4, 0.5) is 0 Å². The standard InChI is InChI=1S/C12H16O2.C2H6/c1-9(14-3)7-8-11-5-4-6-12(13)10(11)2;1-2/h7-8H,1,4-6H2,2-3H3;1-2H3/b8-7-;. The third-order valence-corrected chi connectivity index (χ3v) is 2.48. The Hall–Kier alpha value is -1.31. The van der Waals surface area contributed by atoms with Crippen molar-refractivity contribution in [2.75, 3.05) is 7.11 Å². The van der Waals surface area contributed by atoms with Gasteiger partial charge in [0.2, 0.25) is 0 Å². The molecule has 16 heavy (non-hydrogen) atoms. The van der Waals surface area contributed by atoms with Gasteiger partial charge in [-0.2, -0.15) is 0 Å². The normalized spacial score (nSPS) is 15.9. The highest BCUT2D eigenvalue weighted by Crippen LogP contribution is 2.22. The molecule has 0 spiro atoms. The molecular formula is C14H22O2. The summed E-state index contributed by atoms with van der Waals surface area (Å²) in [5, 5.41) is 0. The van der Waals surface area contributed by atoms with Gasteiger partial charge in [0.1, 0.15) is 5.76 Å². The summed E-state index contributed by atoms with van der Waals surface area (Å²) in [4.78, 5) is 11.4. The van der Waals surface area contributed by atoms with Crippen molar-refractivity contribution < 1.29 is 9.53 Å². The maximum absolute atomic E-state index is 11.4. The minimum Gasteiger partial charge on any atom is -0.497 e. The Morgan fingerprint density at radius 3 is 2.56 bits per heavy atom. The van der Waals surface area contributed by atoms with Crippen molar-refractivity contribution in [3.63, 3.8) is 0 Å². The van der Waals surface area contributed by atoms with Crippen LogP contribution in [0.25, 0.3) is 0 Å². The number of hydrogen-bond donors (Lipinski definition) is 0. The van der Waals surface area contributed by atoms with E-state index < -0.39 is 0 Å². The summed E-state index contributed by atoms with van der Waals surface area (Å²) in [5.74, 6) is 0.877. The molecule has 0 aliphatic heterocycles. The van der Waals surface area contributed by atoms with E-state index in [9.17, 15) is 4.79 Å². The van der Waals surface area contributed by atoms with Gasteiger partial charge in [-0.3, -0.25) is 4.79 Å². The topological polar surface area (TPSA) is 26.3 Å². The molecule has 0 radical (unpaired) electrons. The largest absolute Gasteiger partial charge is 0.497 e. The summed E-state index contributed by atoms with van der Waals surface area (Å²) in [7, 11) is 1.58. The van der Waals surface area contributed by atoms with Gasteiger partial charge in [-0.25, -0.2) is 0 Å². The highest BCUT2D eigenvalue weighted by molar-refractivity contribution is 5.96. The van der Waals surface area contributed by atoms with Gasteiger partial charge in [0.05, 0.1) is 7.11 Å². The summed E-state index contributed by atoms with van der Waals surface area (Å²) >= 11 is 0. The molecule has 0 aromatic heterocycles. The molecule has 0 aromatic rings. The van der Waals surface area contributed by atoms with Crippen LogP contribution in [0.1, 0.15) is 40.0 Å². The van der Waals surface area contributed by atoms with Crippen molar-refractivity contribution >= 4 is 5.78 Å². The molecule has 1 aliphatic rings. The van der Waals surface area contributed by atoms with E-state index in [0.717, 1.165) is 24.0 Å². The summed E-state index contributed by atoms with van der Waals surface area (Å²) < 4.78 is 4.91. The Labute approximate surface area is 98.7 Å². The van der Waals surface area contributed by atoms with Gasteiger partial charge in [-0.15, -0.1) is 0 Å². The highest BCUT2D eigenvalue weighted by Gasteiger charge is 2.14. The number of rotatable bonds is 3. The lowest BCUT2D eigenvalue weighted by atomic mass is 9.91. The van der Waals surface area contributed by atoms with Gasteiger partial charge in [0, 0.05) is 6.42 Å². The third-order valence-electron chi connectivity index (χ3n) is 2.48. The van der Waals surface area contributed by atoms with E-state index >= 15 is 0 Å². The Kier molecular flexibility index (Phi) is 7.27. The molecule has 0 unspecified atom stereocenters. The van der Waals surface area contributed by atoms with Crippen LogP contribution in [0.15, 0.2) is 35.6 Å². The summed E-state index contributed by atoms with van der Waals surface area (Å²) in [6, 6.07) is 0. The smallest absolute Gasteiger partial charge is 0.158 e. The number of allylic oxidation sites excluding steroid dienone is 4. The number of carbonyl (C=O) groups excluding carboxylic acids is 1. The van der Waals surface area contributed by atoms with E-state index in [-0.39, 0.29) is 5.78 Å². The van der Waals surface area contributed by atoms with Crippen LogP contribution in [-0.2, 0) is 9.53 Å². The number of ketones is 1. The fourth-order valence-electron chi connectivity index (χ4n) is 1.46. The maximum Gasteiger partial charge on any atom is 0.158 e. The molecule has 2 heteroatoms. The minimum atomic E-state index is 0.263. The predicted octanol–water partition coefficient (Wildman–Crippen LogP) is 3.80. The second-order valence-electron chi connectivity index (χ2n) is 3.43. The molecule has 1 rings (SSSR count). The molecule has 0 aromatic carbocycles. The maximum atomic E-state index is 11.4. The van der Waals surface area contributed by atoms with Crippen molar-refractivity contribution in [1.82, 2.24) is 0 Å². The van der Waals surface area contributed by atoms with Crippen LogP contribution >= 0.6 is 0 Å². The first-order valence-corrected chi connectivity index (χ1v) is 5.79. The van der Waals surface area contributed by atoms with Gasteiger partial charge in [0.25, 0.3) is 0 Å². The van der Waals surface area contributed by atoms with Gasteiger partial charge in [-0.05, 0) is 37.0 Å². The first kappa shape index (κ1) is 14.7. The number of ether oxygens (including phenoxy) is 1. The van der Waals surface area contributed by atoms with E-state index in [1.165, 1.54) is 0 Å². The van der Waals surface area contributed by atoms with Gasteiger partial charge in [0.15, 0.2) is 5.78 Å². The van der Waals surface area contributed by atoms with E-state index in [0.29, 0.717) is 12.2 Å². The van der Waals surface area contributed by atoms with E-state index in [1.807, 2.05) is 26.8 Å². The second-order valence-corrected chi connectivity index (χ2v) is 3.43. The Bertz CT molecular complexity index is 309. The van der Waals surface area contributed by atoms with Crippen molar-refractivity contribution in [1.29, 1.82) is 0 Å². The summed E-state index contributed by atoms with van der Waals surface area (Å²) in [5.41, 5.74) is 2.00. The van der Waals surface area contributed by atoms with E-state index in [1.54, 1.807) is 13.2 Å². The number of hydrogen-bond acceptors (Lipinski definition) is 2. The first-order valence-electron chi connectivity index (χ1n) is 5.79.